The molecule has 0 saturated heterocycles. The first-order valence-electron chi connectivity index (χ1n) is 4.33. The Balaban J connectivity index is 2.69. The van der Waals surface area contributed by atoms with Gasteiger partial charge in [0.2, 0.25) is 5.88 Å². The zero-order valence-electron chi connectivity index (χ0n) is 8.05. The highest BCUT2D eigenvalue weighted by Gasteiger charge is 2.32. The van der Waals surface area contributed by atoms with Gasteiger partial charge in [-0.2, -0.15) is 22.8 Å². The summed E-state index contributed by atoms with van der Waals surface area (Å²) in [6, 6.07) is 0. The maximum atomic E-state index is 12.2. The summed E-state index contributed by atoms with van der Waals surface area (Å²) in [7, 11) is 0. The zero-order chi connectivity index (χ0) is 12.8. The van der Waals surface area contributed by atoms with Crippen molar-refractivity contribution in [2.24, 2.45) is 0 Å². The molecule has 0 aliphatic carbocycles. The number of H-pyrrole nitrogens is 1. The Morgan fingerprint density at radius 1 is 1.53 bits per heavy atom. The van der Waals surface area contributed by atoms with Gasteiger partial charge in [0.15, 0.2) is 5.65 Å². The molecule has 0 bridgehead atoms. The lowest BCUT2D eigenvalue weighted by Gasteiger charge is -2.08. The highest BCUT2D eigenvalue weighted by molar-refractivity contribution is 9.10. The number of alkyl halides is 3. The highest BCUT2D eigenvalue weighted by atomic mass is 79.9. The van der Waals surface area contributed by atoms with Crippen LogP contribution in [0.25, 0.3) is 5.65 Å². The van der Waals surface area contributed by atoms with E-state index in [-0.39, 0.29) is 5.65 Å². The minimum Gasteiger partial charge on any atom is -0.493 e. The Kier molecular flexibility index (Phi) is 2.64. The van der Waals surface area contributed by atoms with Crippen molar-refractivity contribution in [2.45, 2.75) is 12.6 Å². The van der Waals surface area contributed by atoms with E-state index in [9.17, 15) is 23.1 Å². The van der Waals surface area contributed by atoms with E-state index in [1.165, 1.54) is 6.20 Å². The van der Waals surface area contributed by atoms with E-state index in [1.807, 2.05) is 0 Å². The van der Waals surface area contributed by atoms with Gasteiger partial charge in [-0.3, -0.25) is 4.79 Å². The van der Waals surface area contributed by atoms with Crippen molar-refractivity contribution in [2.75, 3.05) is 0 Å². The number of aromatic amines is 1. The number of hydrogen-bond donors (Lipinski definition) is 2. The minimum atomic E-state index is -4.58. The van der Waals surface area contributed by atoms with E-state index >= 15 is 0 Å². The zero-order valence-corrected chi connectivity index (χ0v) is 9.63. The van der Waals surface area contributed by atoms with Gasteiger partial charge < -0.3 is 10.1 Å². The molecule has 0 aliphatic rings. The van der Waals surface area contributed by atoms with Crippen LogP contribution in [-0.4, -0.2) is 25.9 Å². The average molecular weight is 312 g/mol. The molecule has 2 rings (SSSR count). The summed E-state index contributed by atoms with van der Waals surface area (Å²) in [4.78, 5) is 13.6. The molecule has 2 aromatic rings. The number of hydrogen-bond acceptors (Lipinski definition) is 3. The number of nitrogens with zero attached hydrogens (tertiary/aromatic N) is 2. The van der Waals surface area contributed by atoms with Gasteiger partial charge in [0, 0.05) is 0 Å². The lowest BCUT2D eigenvalue weighted by atomic mass is 10.2. The molecule has 0 radical (unpaired) electrons. The lowest BCUT2D eigenvalue weighted by Crippen LogP contribution is -2.22. The van der Waals surface area contributed by atoms with Crippen LogP contribution in [0.15, 0.2) is 15.5 Å². The predicted molar refractivity (Wildman–Crippen MR) is 54.9 cm³/mol. The van der Waals surface area contributed by atoms with Crippen LogP contribution in [-0.2, 0) is 6.42 Å². The van der Waals surface area contributed by atoms with Gasteiger partial charge in [-0.25, -0.2) is 0 Å². The van der Waals surface area contributed by atoms with E-state index < -0.39 is 29.6 Å². The van der Waals surface area contributed by atoms with Gasteiger partial charge in [-0.15, -0.1) is 0 Å². The average Bonchev–Trinajstić information content (AvgIpc) is 2.54. The van der Waals surface area contributed by atoms with Gasteiger partial charge >= 0.3 is 6.18 Å². The Bertz CT molecular complexity index is 631. The molecule has 0 aliphatic heterocycles. The van der Waals surface area contributed by atoms with E-state index in [2.05, 4.69) is 26.0 Å². The van der Waals surface area contributed by atoms with E-state index in [0.717, 1.165) is 4.52 Å². The van der Waals surface area contributed by atoms with Crippen LogP contribution < -0.4 is 5.56 Å². The van der Waals surface area contributed by atoms with Gasteiger partial charge in [0.25, 0.3) is 5.56 Å². The van der Waals surface area contributed by atoms with Crippen LogP contribution >= 0.6 is 15.9 Å². The van der Waals surface area contributed by atoms with Crippen LogP contribution in [0.3, 0.4) is 0 Å². The fraction of sp³-hybridized carbons (Fsp3) is 0.250. The summed E-state index contributed by atoms with van der Waals surface area (Å²) < 4.78 is 37.8. The molecule has 92 valence electrons. The molecule has 2 heterocycles. The third-order valence-corrected chi connectivity index (χ3v) is 2.66. The second-order valence-electron chi connectivity index (χ2n) is 3.30. The second kappa shape index (κ2) is 3.76. The number of aromatic hydroxyl groups is 1. The first-order valence-corrected chi connectivity index (χ1v) is 5.13. The van der Waals surface area contributed by atoms with Crippen molar-refractivity contribution in [3.63, 3.8) is 0 Å². The lowest BCUT2D eigenvalue weighted by molar-refractivity contribution is -0.127. The van der Waals surface area contributed by atoms with Gasteiger partial charge in [-0.05, 0) is 15.9 Å². The molecule has 0 saturated carbocycles. The molecule has 2 aromatic heterocycles. The number of rotatable bonds is 1. The predicted octanol–water partition coefficient (Wildman–Crippen LogP) is 1.60. The quantitative estimate of drug-likeness (QED) is 0.840. The molecule has 17 heavy (non-hydrogen) atoms. The smallest absolute Gasteiger partial charge is 0.393 e. The summed E-state index contributed by atoms with van der Waals surface area (Å²) >= 11 is 3.03. The molecule has 0 unspecified atom stereocenters. The summed E-state index contributed by atoms with van der Waals surface area (Å²) in [6.45, 7) is 0. The Morgan fingerprint density at radius 2 is 2.18 bits per heavy atom. The Hall–Kier alpha value is -1.51. The fourth-order valence-electron chi connectivity index (χ4n) is 1.37. The maximum absolute atomic E-state index is 12.2. The van der Waals surface area contributed by atoms with Crippen molar-refractivity contribution >= 4 is 21.6 Å². The third-order valence-electron chi connectivity index (χ3n) is 2.08. The summed E-state index contributed by atoms with van der Waals surface area (Å²) in [5.74, 6) is -0.813. The summed E-state index contributed by atoms with van der Waals surface area (Å²) in [5.41, 5.74) is -1.66. The SMILES string of the molecule is O=c1[nH]c2c(Br)cnn2c(O)c1CC(F)(F)F. The monoisotopic (exact) mass is 311 g/mol. The van der Waals surface area contributed by atoms with Gasteiger partial charge in [0.05, 0.1) is 22.7 Å². The first-order chi connectivity index (χ1) is 7.79. The maximum Gasteiger partial charge on any atom is 0.393 e. The first kappa shape index (κ1) is 12.0. The largest absolute Gasteiger partial charge is 0.493 e. The second-order valence-corrected chi connectivity index (χ2v) is 4.16. The number of fused-ring (bicyclic) bond motifs is 1. The van der Waals surface area contributed by atoms with Crippen LogP contribution in [0.1, 0.15) is 5.56 Å². The number of aromatic nitrogens is 3. The van der Waals surface area contributed by atoms with Gasteiger partial charge in [0.1, 0.15) is 0 Å². The molecule has 0 atom stereocenters. The van der Waals surface area contributed by atoms with E-state index in [1.54, 1.807) is 0 Å². The van der Waals surface area contributed by atoms with E-state index in [4.69, 9.17) is 0 Å². The third kappa shape index (κ3) is 2.14. The van der Waals surface area contributed by atoms with Crippen molar-refractivity contribution < 1.29 is 18.3 Å². The molecule has 5 nitrogen and oxygen atoms in total. The normalized spacial score (nSPS) is 12.2. The van der Waals surface area contributed by atoms with Crippen LogP contribution in [0.5, 0.6) is 5.88 Å². The Morgan fingerprint density at radius 3 is 2.76 bits per heavy atom. The van der Waals surface area contributed by atoms with E-state index in [0.29, 0.717) is 4.47 Å². The Labute approximate surface area is 100 Å². The van der Waals surface area contributed by atoms with Crippen molar-refractivity contribution in [1.82, 2.24) is 14.6 Å². The van der Waals surface area contributed by atoms with Crippen LogP contribution in [0, 0.1) is 0 Å². The van der Waals surface area contributed by atoms with Crippen LogP contribution in [0.4, 0.5) is 13.2 Å². The summed E-state index contributed by atoms with van der Waals surface area (Å²) in [5, 5.41) is 13.2. The molecular weight excluding hydrogens is 307 g/mol. The number of halogens is 4. The minimum absolute atomic E-state index is 0.0958. The van der Waals surface area contributed by atoms with Gasteiger partial charge in [-0.1, -0.05) is 0 Å². The standard InChI is InChI=1S/C8H5BrF3N3O2/c9-4-2-13-15-5(4)14-6(16)3(7(15)17)1-8(10,11)12/h2,17H,1H2,(H,14,16). The molecule has 0 fully saturated rings. The highest BCUT2D eigenvalue weighted by Crippen LogP contribution is 2.26. The van der Waals surface area contributed by atoms with Crippen molar-refractivity contribution in [3.8, 4) is 5.88 Å². The summed E-state index contributed by atoms with van der Waals surface area (Å²) in [6.07, 6.45) is -4.84. The molecule has 0 amide bonds. The molecule has 2 N–H and O–H groups in total. The molecular formula is C8H5BrF3N3O2. The van der Waals surface area contributed by atoms with Crippen molar-refractivity contribution in [3.05, 3.63) is 26.6 Å². The fourth-order valence-corrected chi connectivity index (χ4v) is 1.73. The topological polar surface area (TPSA) is 70.4 Å². The van der Waals surface area contributed by atoms with Crippen molar-refractivity contribution in [1.29, 1.82) is 0 Å². The molecule has 0 aromatic carbocycles. The van der Waals surface area contributed by atoms with Crippen LogP contribution in [0.2, 0.25) is 0 Å². The molecule has 9 heteroatoms. The number of nitrogens with one attached hydrogen (secondary N) is 1. The molecule has 0 spiro atoms.